The van der Waals surface area contributed by atoms with Crippen LogP contribution in [0.4, 0.5) is 5.69 Å². The number of rotatable bonds is 7. The molecule has 6 nitrogen and oxygen atoms in total. The average Bonchev–Trinajstić information content (AvgIpc) is 3.24. The van der Waals surface area contributed by atoms with E-state index in [4.69, 9.17) is 9.47 Å². The summed E-state index contributed by atoms with van der Waals surface area (Å²) in [5, 5.41) is 3.55. The highest BCUT2D eigenvalue weighted by molar-refractivity contribution is 5.79. The number of nitrogens with one attached hydrogen (secondary N) is 1. The van der Waals surface area contributed by atoms with E-state index in [1.54, 1.807) is 14.2 Å². The van der Waals surface area contributed by atoms with Crippen LogP contribution >= 0.6 is 0 Å². The van der Waals surface area contributed by atoms with Gasteiger partial charge in [-0.2, -0.15) is 0 Å². The van der Waals surface area contributed by atoms with Gasteiger partial charge in [-0.1, -0.05) is 18.2 Å². The number of ether oxygens (including phenoxy) is 2. The summed E-state index contributed by atoms with van der Waals surface area (Å²) >= 11 is 0. The predicted octanol–water partition coefficient (Wildman–Crippen LogP) is 3.24. The van der Waals surface area contributed by atoms with E-state index in [2.05, 4.69) is 57.5 Å². The summed E-state index contributed by atoms with van der Waals surface area (Å²) in [4.78, 5) is 9.03. The maximum atomic E-state index is 5.36. The van der Waals surface area contributed by atoms with Gasteiger partial charge in [0.05, 0.1) is 14.2 Å². The van der Waals surface area contributed by atoms with Crippen molar-refractivity contribution in [2.45, 2.75) is 13.0 Å². The van der Waals surface area contributed by atoms with E-state index < -0.39 is 0 Å². The maximum absolute atomic E-state index is 5.36. The predicted molar refractivity (Wildman–Crippen MR) is 119 cm³/mol. The van der Waals surface area contributed by atoms with Gasteiger partial charge in [0.2, 0.25) is 0 Å². The lowest BCUT2D eigenvalue weighted by molar-refractivity contribution is 0.414. The molecule has 1 aliphatic rings. The minimum absolute atomic E-state index is 0.590. The van der Waals surface area contributed by atoms with Crippen molar-refractivity contribution < 1.29 is 9.47 Å². The van der Waals surface area contributed by atoms with Gasteiger partial charge < -0.3 is 24.6 Å². The first-order valence-electron chi connectivity index (χ1n) is 10.1. The lowest BCUT2D eigenvalue weighted by Gasteiger charge is -2.24. The number of benzene rings is 2. The second-order valence-electron chi connectivity index (χ2n) is 7.43. The Balaban J connectivity index is 1.50. The van der Waals surface area contributed by atoms with E-state index in [0.717, 1.165) is 43.6 Å². The molecule has 1 heterocycles. The molecular weight excluding hydrogens is 364 g/mol. The van der Waals surface area contributed by atoms with Crippen LogP contribution in [0.2, 0.25) is 0 Å². The van der Waals surface area contributed by atoms with Crippen molar-refractivity contribution in [3.05, 3.63) is 54.1 Å². The van der Waals surface area contributed by atoms with Crippen molar-refractivity contribution in [3.8, 4) is 11.5 Å². The van der Waals surface area contributed by atoms with Crippen LogP contribution in [0.25, 0.3) is 0 Å². The van der Waals surface area contributed by atoms with Gasteiger partial charge in [0.25, 0.3) is 0 Å². The number of methoxy groups -OCH3 is 2. The SMILES string of the molecule is CN=C(NCC1CCN(c2cccc(OC)c2)C1)N(C)Cc1ccc(OC)cc1. The summed E-state index contributed by atoms with van der Waals surface area (Å²) in [7, 11) is 7.30. The standard InChI is InChI=1S/C23H32N4O2/c1-24-23(26(2)16-18-8-10-21(28-3)11-9-18)25-15-19-12-13-27(17-19)20-6-5-7-22(14-20)29-4/h5-11,14,19H,12-13,15-17H2,1-4H3,(H,24,25). The van der Waals surface area contributed by atoms with Crippen molar-refractivity contribution in [3.63, 3.8) is 0 Å². The van der Waals surface area contributed by atoms with Crippen LogP contribution in [0.1, 0.15) is 12.0 Å². The normalized spacial score (nSPS) is 16.6. The Hall–Kier alpha value is -2.89. The van der Waals surface area contributed by atoms with Gasteiger partial charge in [-0.25, -0.2) is 0 Å². The second kappa shape index (κ2) is 10.0. The largest absolute Gasteiger partial charge is 0.497 e. The zero-order valence-electron chi connectivity index (χ0n) is 17.9. The molecule has 0 saturated carbocycles. The van der Waals surface area contributed by atoms with Crippen LogP contribution in [0.3, 0.4) is 0 Å². The fraction of sp³-hybridized carbons (Fsp3) is 0.435. The first-order valence-corrected chi connectivity index (χ1v) is 10.1. The number of aliphatic imine (C=N–C) groups is 1. The van der Waals surface area contributed by atoms with Crippen LogP contribution in [-0.2, 0) is 6.54 Å². The highest BCUT2D eigenvalue weighted by atomic mass is 16.5. The van der Waals surface area contributed by atoms with E-state index >= 15 is 0 Å². The fourth-order valence-electron chi connectivity index (χ4n) is 3.74. The summed E-state index contributed by atoms with van der Waals surface area (Å²) in [6.45, 7) is 3.82. The van der Waals surface area contributed by atoms with Gasteiger partial charge in [-0.3, -0.25) is 4.99 Å². The fourth-order valence-corrected chi connectivity index (χ4v) is 3.74. The van der Waals surface area contributed by atoms with E-state index in [1.807, 2.05) is 25.2 Å². The highest BCUT2D eigenvalue weighted by Gasteiger charge is 2.23. The molecule has 1 fully saturated rings. The van der Waals surface area contributed by atoms with Gasteiger partial charge in [0, 0.05) is 52.0 Å². The summed E-state index contributed by atoms with van der Waals surface area (Å²) < 4.78 is 10.6. The minimum Gasteiger partial charge on any atom is -0.497 e. The molecule has 1 aliphatic heterocycles. The molecule has 0 aliphatic carbocycles. The van der Waals surface area contributed by atoms with Crippen molar-refractivity contribution >= 4 is 11.6 Å². The zero-order valence-corrected chi connectivity index (χ0v) is 17.9. The average molecular weight is 397 g/mol. The van der Waals surface area contributed by atoms with E-state index in [0.29, 0.717) is 5.92 Å². The van der Waals surface area contributed by atoms with Crippen molar-refractivity contribution in [2.75, 3.05) is 52.8 Å². The topological polar surface area (TPSA) is 49.3 Å². The van der Waals surface area contributed by atoms with Crippen LogP contribution < -0.4 is 19.7 Å². The zero-order chi connectivity index (χ0) is 20.6. The Bertz CT molecular complexity index is 807. The lowest BCUT2D eigenvalue weighted by Crippen LogP contribution is -2.41. The number of hydrogen-bond donors (Lipinski definition) is 1. The second-order valence-corrected chi connectivity index (χ2v) is 7.43. The van der Waals surface area contributed by atoms with Crippen molar-refractivity contribution in [2.24, 2.45) is 10.9 Å². The van der Waals surface area contributed by atoms with Gasteiger partial charge in [0.15, 0.2) is 5.96 Å². The molecule has 0 bridgehead atoms. The van der Waals surface area contributed by atoms with Crippen molar-refractivity contribution in [1.82, 2.24) is 10.2 Å². The molecule has 29 heavy (non-hydrogen) atoms. The number of guanidine groups is 1. The lowest BCUT2D eigenvalue weighted by atomic mass is 10.1. The third-order valence-electron chi connectivity index (χ3n) is 5.41. The summed E-state index contributed by atoms with van der Waals surface area (Å²) in [6, 6.07) is 16.5. The van der Waals surface area contributed by atoms with E-state index in [9.17, 15) is 0 Å². The molecule has 2 aromatic carbocycles. The van der Waals surface area contributed by atoms with Gasteiger partial charge in [-0.15, -0.1) is 0 Å². The molecule has 0 aromatic heterocycles. The Kier molecular flexibility index (Phi) is 7.22. The molecule has 2 aromatic rings. The van der Waals surface area contributed by atoms with Gasteiger partial charge >= 0.3 is 0 Å². The van der Waals surface area contributed by atoms with Crippen LogP contribution in [0, 0.1) is 5.92 Å². The molecule has 3 rings (SSSR count). The summed E-state index contributed by atoms with van der Waals surface area (Å²) in [5.74, 6) is 3.29. The molecule has 1 saturated heterocycles. The molecule has 6 heteroatoms. The molecule has 156 valence electrons. The first-order chi connectivity index (χ1) is 14.1. The Morgan fingerprint density at radius 1 is 1.14 bits per heavy atom. The quantitative estimate of drug-likeness (QED) is 0.575. The van der Waals surface area contributed by atoms with Crippen LogP contribution in [-0.4, -0.2) is 58.8 Å². The maximum Gasteiger partial charge on any atom is 0.193 e. The Morgan fingerprint density at radius 2 is 1.90 bits per heavy atom. The third-order valence-corrected chi connectivity index (χ3v) is 5.41. The van der Waals surface area contributed by atoms with E-state index in [1.165, 1.54) is 17.7 Å². The summed E-state index contributed by atoms with van der Waals surface area (Å²) in [6.07, 6.45) is 1.17. The van der Waals surface area contributed by atoms with Crippen molar-refractivity contribution in [1.29, 1.82) is 0 Å². The van der Waals surface area contributed by atoms with Gasteiger partial charge in [0.1, 0.15) is 11.5 Å². The molecule has 0 amide bonds. The molecule has 0 spiro atoms. The van der Waals surface area contributed by atoms with Crippen LogP contribution in [0.15, 0.2) is 53.5 Å². The monoisotopic (exact) mass is 396 g/mol. The minimum atomic E-state index is 0.590. The number of nitrogens with zero attached hydrogens (tertiary/aromatic N) is 3. The Labute approximate surface area is 174 Å². The number of hydrogen-bond acceptors (Lipinski definition) is 4. The summed E-state index contributed by atoms with van der Waals surface area (Å²) in [5.41, 5.74) is 2.45. The Morgan fingerprint density at radius 3 is 2.59 bits per heavy atom. The van der Waals surface area contributed by atoms with Crippen LogP contribution in [0.5, 0.6) is 11.5 Å². The molecule has 1 unspecified atom stereocenters. The smallest absolute Gasteiger partial charge is 0.193 e. The van der Waals surface area contributed by atoms with E-state index in [-0.39, 0.29) is 0 Å². The first kappa shape index (κ1) is 20.8. The molecule has 1 atom stereocenters. The molecular formula is C23H32N4O2. The third kappa shape index (κ3) is 5.56. The molecule has 0 radical (unpaired) electrons. The number of anilines is 1. The van der Waals surface area contributed by atoms with Gasteiger partial charge in [-0.05, 0) is 42.2 Å². The molecule has 1 N–H and O–H groups in total. The highest BCUT2D eigenvalue weighted by Crippen LogP contribution is 2.26.